The van der Waals surface area contributed by atoms with E-state index in [2.05, 4.69) is 5.32 Å². The average Bonchev–Trinajstić information content (AvgIpc) is 2.88. The summed E-state index contributed by atoms with van der Waals surface area (Å²) in [5.41, 5.74) is 0.734. The van der Waals surface area contributed by atoms with E-state index >= 15 is 0 Å². The van der Waals surface area contributed by atoms with Gasteiger partial charge in [0, 0.05) is 18.2 Å². The number of halogens is 1. The smallest absolute Gasteiger partial charge is 0.307 e. The van der Waals surface area contributed by atoms with Gasteiger partial charge in [-0.25, -0.2) is 4.39 Å². The Balaban J connectivity index is 1.73. The van der Waals surface area contributed by atoms with Gasteiger partial charge in [0.05, 0.1) is 12.5 Å². The van der Waals surface area contributed by atoms with Crippen LogP contribution < -0.4 is 10.1 Å². The zero-order chi connectivity index (χ0) is 14.8. The SMILES string of the molecule is O=C(O)C1CNC(c2cc(F)ccc2OCC2CCC2)C1. The largest absolute Gasteiger partial charge is 0.493 e. The third-order valence-electron chi connectivity index (χ3n) is 4.53. The molecule has 1 aliphatic carbocycles. The monoisotopic (exact) mass is 293 g/mol. The van der Waals surface area contributed by atoms with Gasteiger partial charge in [0.15, 0.2) is 0 Å². The van der Waals surface area contributed by atoms with E-state index in [-0.39, 0.29) is 11.9 Å². The average molecular weight is 293 g/mol. The van der Waals surface area contributed by atoms with Crippen molar-refractivity contribution in [2.75, 3.05) is 13.2 Å². The fourth-order valence-corrected chi connectivity index (χ4v) is 2.95. The molecule has 2 N–H and O–H groups in total. The van der Waals surface area contributed by atoms with Crippen molar-refractivity contribution < 1.29 is 19.0 Å². The maximum atomic E-state index is 13.5. The third kappa shape index (κ3) is 3.18. The van der Waals surface area contributed by atoms with Crippen LogP contribution in [0.1, 0.15) is 37.3 Å². The molecule has 1 heterocycles. The summed E-state index contributed by atoms with van der Waals surface area (Å²) in [6.07, 6.45) is 4.12. The maximum absolute atomic E-state index is 13.5. The highest BCUT2D eigenvalue weighted by Gasteiger charge is 2.32. The second-order valence-electron chi connectivity index (χ2n) is 6.02. The van der Waals surface area contributed by atoms with Crippen LogP contribution in [-0.2, 0) is 4.79 Å². The van der Waals surface area contributed by atoms with Gasteiger partial charge in [-0.15, -0.1) is 0 Å². The van der Waals surface area contributed by atoms with Gasteiger partial charge >= 0.3 is 5.97 Å². The minimum atomic E-state index is -0.807. The lowest BCUT2D eigenvalue weighted by atomic mass is 9.86. The number of carbonyl (C=O) groups is 1. The van der Waals surface area contributed by atoms with E-state index in [9.17, 15) is 9.18 Å². The number of ether oxygens (including phenoxy) is 1. The Hall–Kier alpha value is -1.62. The first-order valence-electron chi connectivity index (χ1n) is 7.52. The molecule has 2 atom stereocenters. The van der Waals surface area contributed by atoms with E-state index in [0.717, 1.165) is 5.56 Å². The van der Waals surface area contributed by atoms with Gasteiger partial charge < -0.3 is 15.2 Å². The molecule has 0 bridgehead atoms. The van der Waals surface area contributed by atoms with Gasteiger partial charge in [-0.1, -0.05) is 6.42 Å². The third-order valence-corrected chi connectivity index (χ3v) is 4.53. The van der Waals surface area contributed by atoms with E-state index in [1.807, 2.05) is 0 Å². The zero-order valence-corrected chi connectivity index (χ0v) is 11.8. The molecule has 1 saturated carbocycles. The molecule has 0 radical (unpaired) electrons. The Bertz CT molecular complexity index is 530. The van der Waals surface area contributed by atoms with Gasteiger partial charge in [0.25, 0.3) is 0 Å². The lowest BCUT2D eigenvalue weighted by molar-refractivity contribution is -0.141. The Morgan fingerprint density at radius 2 is 2.24 bits per heavy atom. The van der Waals surface area contributed by atoms with Crippen molar-refractivity contribution in [1.82, 2.24) is 5.32 Å². The van der Waals surface area contributed by atoms with Crippen molar-refractivity contribution in [3.8, 4) is 5.75 Å². The molecule has 5 heteroatoms. The Morgan fingerprint density at radius 1 is 1.43 bits per heavy atom. The molecule has 0 aromatic heterocycles. The van der Waals surface area contributed by atoms with Crippen LogP contribution >= 0.6 is 0 Å². The molecule has 2 fully saturated rings. The number of benzene rings is 1. The first kappa shape index (κ1) is 14.3. The molecule has 3 rings (SSSR count). The highest BCUT2D eigenvalue weighted by atomic mass is 19.1. The molecule has 1 saturated heterocycles. The molecule has 2 aliphatic rings. The molecular formula is C16H20FNO3. The van der Waals surface area contributed by atoms with Crippen LogP contribution in [-0.4, -0.2) is 24.2 Å². The van der Waals surface area contributed by atoms with E-state index in [0.29, 0.717) is 31.2 Å². The van der Waals surface area contributed by atoms with Crippen molar-refractivity contribution in [3.63, 3.8) is 0 Å². The number of carboxylic acids is 1. The Labute approximate surface area is 123 Å². The van der Waals surface area contributed by atoms with Gasteiger partial charge in [0.2, 0.25) is 0 Å². The minimum absolute atomic E-state index is 0.154. The summed E-state index contributed by atoms with van der Waals surface area (Å²) in [5, 5.41) is 12.2. The number of hydrogen-bond donors (Lipinski definition) is 2. The van der Waals surface area contributed by atoms with Crippen LogP contribution in [0.15, 0.2) is 18.2 Å². The second-order valence-corrected chi connectivity index (χ2v) is 6.02. The summed E-state index contributed by atoms with van der Waals surface area (Å²) in [6, 6.07) is 4.35. The fraction of sp³-hybridized carbons (Fsp3) is 0.562. The van der Waals surface area contributed by atoms with E-state index in [4.69, 9.17) is 9.84 Å². The Morgan fingerprint density at radius 3 is 2.86 bits per heavy atom. The molecular weight excluding hydrogens is 273 g/mol. The predicted molar refractivity (Wildman–Crippen MR) is 75.7 cm³/mol. The van der Waals surface area contributed by atoms with E-state index in [1.165, 1.54) is 31.4 Å². The molecule has 114 valence electrons. The fourth-order valence-electron chi connectivity index (χ4n) is 2.95. The normalized spacial score (nSPS) is 25.6. The topological polar surface area (TPSA) is 58.6 Å². The quantitative estimate of drug-likeness (QED) is 0.876. The minimum Gasteiger partial charge on any atom is -0.493 e. The van der Waals surface area contributed by atoms with Crippen molar-refractivity contribution >= 4 is 5.97 Å². The van der Waals surface area contributed by atoms with Crippen molar-refractivity contribution in [2.24, 2.45) is 11.8 Å². The number of rotatable bonds is 5. The van der Waals surface area contributed by atoms with Crippen LogP contribution in [0.25, 0.3) is 0 Å². The zero-order valence-electron chi connectivity index (χ0n) is 11.8. The second kappa shape index (κ2) is 6.02. The molecule has 0 amide bonds. The van der Waals surface area contributed by atoms with E-state index < -0.39 is 11.9 Å². The summed E-state index contributed by atoms with van der Waals surface area (Å²) in [6.45, 7) is 1.08. The van der Waals surface area contributed by atoms with Gasteiger partial charge in [-0.3, -0.25) is 4.79 Å². The van der Waals surface area contributed by atoms with Crippen molar-refractivity contribution in [2.45, 2.75) is 31.7 Å². The summed E-state index contributed by atoms with van der Waals surface area (Å²) in [5.74, 6) is -0.268. The molecule has 1 aromatic rings. The summed E-state index contributed by atoms with van der Waals surface area (Å²) in [7, 11) is 0. The molecule has 4 nitrogen and oxygen atoms in total. The molecule has 1 aromatic carbocycles. The lowest BCUT2D eigenvalue weighted by Gasteiger charge is -2.26. The van der Waals surface area contributed by atoms with Gasteiger partial charge in [0.1, 0.15) is 11.6 Å². The summed E-state index contributed by atoms with van der Waals surface area (Å²) < 4.78 is 19.4. The summed E-state index contributed by atoms with van der Waals surface area (Å²) >= 11 is 0. The highest BCUT2D eigenvalue weighted by molar-refractivity contribution is 5.71. The molecule has 1 aliphatic heterocycles. The van der Waals surface area contributed by atoms with Crippen LogP contribution in [0.2, 0.25) is 0 Å². The predicted octanol–water partition coefficient (Wildman–Crippen LogP) is 2.74. The van der Waals surface area contributed by atoms with Crippen LogP contribution in [0.4, 0.5) is 4.39 Å². The summed E-state index contributed by atoms with van der Waals surface area (Å²) in [4.78, 5) is 11.0. The van der Waals surface area contributed by atoms with E-state index in [1.54, 1.807) is 6.07 Å². The molecule has 0 spiro atoms. The number of aliphatic carboxylic acids is 1. The Kier molecular flexibility index (Phi) is 4.10. The molecule has 21 heavy (non-hydrogen) atoms. The van der Waals surface area contributed by atoms with Crippen molar-refractivity contribution in [3.05, 3.63) is 29.6 Å². The van der Waals surface area contributed by atoms with Gasteiger partial charge in [-0.05, 0) is 43.4 Å². The maximum Gasteiger partial charge on any atom is 0.307 e. The number of hydrogen-bond acceptors (Lipinski definition) is 3. The first-order valence-corrected chi connectivity index (χ1v) is 7.52. The molecule has 2 unspecified atom stereocenters. The van der Waals surface area contributed by atoms with Crippen molar-refractivity contribution in [1.29, 1.82) is 0 Å². The highest BCUT2D eigenvalue weighted by Crippen LogP contribution is 2.35. The number of carboxylic acid groups (broad SMARTS) is 1. The van der Waals surface area contributed by atoms with Crippen LogP contribution in [0, 0.1) is 17.7 Å². The number of nitrogens with one attached hydrogen (secondary N) is 1. The first-order chi connectivity index (χ1) is 10.1. The van der Waals surface area contributed by atoms with Crippen LogP contribution in [0.3, 0.4) is 0 Å². The lowest BCUT2D eigenvalue weighted by Crippen LogP contribution is -2.21. The standard InChI is InChI=1S/C16H20FNO3/c17-12-4-5-15(21-9-10-2-1-3-10)13(7-12)14-6-11(8-18-14)16(19)20/h4-5,7,10-11,14,18H,1-3,6,8-9H2,(H,19,20). The van der Waals surface area contributed by atoms with Gasteiger partial charge in [-0.2, -0.15) is 0 Å². The van der Waals surface area contributed by atoms with Crippen LogP contribution in [0.5, 0.6) is 5.75 Å².